The van der Waals surface area contributed by atoms with Crippen molar-refractivity contribution in [2.75, 3.05) is 6.54 Å². The van der Waals surface area contributed by atoms with E-state index in [1.165, 1.54) is 0 Å². The third-order valence-electron chi connectivity index (χ3n) is 3.73. The minimum absolute atomic E-state index is 0.218. The number of benzene rings is 1. The molecule has 0 fully saturated rings. The molecule has 1 aromatic carbocycles. The first-order valence-corrected chi connectivity index (χ1v) is 8.22. The Morgan fingerprint density at radius 3 is 2.67 bits per heavy atom. The zero-order valence-electron chi connectivity index (χ0n) is 14.7. The van der Waals surface area contributed by atoms with Crippen molar-refractivity contribution in [1.29, 1.82) is 0 Å². The van der Waals surface area contributed by atoms with E-state index >= 15 is 0 Å². The number of hydrogen-bond donors (Lipinski definition) is 2. The molecule has 0 aliphatic rings. The molecule has 24 heavy (non-hydrogen) atoms. The van der Waals surface area contributed by atoms with E-state index in [9.17, 15) is 9.90 Å². The Morgan fingerprint density at radius 2 is 2.04 bits per heavy atom. The summed E-state index contributed by atoms with van der Waals surface area (Å²) in [5.74, 6) is 0.711. The summed E-state index contributed by atoms with van der Waals surface area (Å²) in [4.78, 5) is 16.8. The first-order valence-electron chi connectivity index (χ1n) is 8.22. The van der Waals surface area contributed by atoms with Gasteiger partial charge in [0.2, 0.25) is 0 Å². The molecule has 2 aromatic rings. The zero-order chi connectivity index (χ0) is 17.7. The van der Waals surface area contributed by atoms with Gasteiger partial charge in [-0.05, 0) is 25.0 Å². The van der Waals surface area contributed by atoms with Crippen LogP contribution in [0.25, 0.3) is 11.5 Å². The van der Waals surface area contributed by atoms with Gasteiger partial charge in [-0.15, -0.1) is 0 Å². The van der Waals surface area contributed by atoms with Crippen molar-refractivity contribution in [1.82, 2.24) is 15.5 Å². The molecule has 0 saturated carbocycles. The van der Waals surface area contributed by atoms with Gasteiger partial charge in [0, 0.05) is 12.0 Å². The molecule has 1 heterocycles. The summed E-state index contributed by atoms with van der Waals surface area (Å²) in [5.41, 5.74) is 0.858. The van der Waals surface area contributed by atoms with Crippen LogP contribution >= 0.6 is 0 Å². The summed E-state index contributed by atoms with van der Waals surface area (Å²) < 4.78 is 5.35. The van der Waals surface area contributed by atoms with Crippen molar-refractivity contribution in [2.24, 2.45) is 0 Å². The molecule has 0 radical (unpaired) electrons. The van der Waals surface area contributed by atoms with Gasteiger partial charge in [-0.3, -0.25) is 4.79 Å². The summed E-state index contributed by atoms with van der Waals surface area (Å²) in [6.07, 6.45) is 0.800. The Hall–Kier alpha value is -2.21. The molecule has 0 aliphatic carbocycles. The van der Waals surface area contributed by atoms with Gasteiger partial charge in [0.1, 0.15) is 0 Å². The van der Waals surface area contributed by atoms with Crippen LogP contribution in [0.3, 0.4) is 0 Å². The van der Waals surface area contributed by atoms with Crippen molar-refractivity contribution >= 4 is 5.91 Å². The SMILES string of the molecule is CCC(O)CCNC(=O)c1ccccc1-c1nc(C(C)(C)C)no1. The minimum Gasteiger partial charge on any atom is -0.393 e. The number of aromatic nitrogens is 2. The smallest absolute Gasteiger partial charge is 0.258 e. The third-order valence-corrected chi connectivity index (χ3v) is 3.73. The topological polar surface area (TPSA) is 88.2 Å². The van der Waals surface area contributed by atoms with Crippen molar-refractivity contribution in [2.45, 2.75) is 52.1 Å². The molecule has 2 rings (SSSR count). The fraction of sp³-hybridized carbons (Fsp3) is 0.500. The lowest BCUT2D eigenvalue weighted by Crippen LogP contribution is -2.27. The molecule has 1 amide bonds. The highest BCUT2D eigenvalue weighted by Crippen LogP contribution is 2.26. The van der Waals surface area contributed by atoms with Crippen LogP contribution in [-0.4, -0.2) is 33.8 Å². The summed E-state index contributed by atoms with van der Waals surface area (Å²) in [7, 11) is 0. The first-order chi connectivity index (χ1) is 11.3. The molecule has 1 aromatic heterocycles. The fourth-order valence-corrected chi connectivity index (χ4v) is 2.16. The van der Waals surface area contributed by atoms with Gasteiger partial charge in [-0.1, -0.05) is 45.0 Å². The largest absolute Gasteiger partial charge is 0.393 e. The van der Waals surface area contributed by atoms with Crippen molar-refractivity contribution in [3.05, 3.63) is 35.7 Å². The van der Waals surface area contributed by atoms with Crippen LogP contribution in [0, 0.1) is 0 Å². The second-order valence-electron chi connectivity index (χ2n) is 6.83. The van der Waals surface area contributed by atoms with Gasteiger partial charge in [0.05, 0.1) is 17.2 Å². The van der Waals surface area contributed by atoms with Gasteiger partial charge in [0.15, 0.2) is 5.82 Å². The fourth-order valence-electron chi connectivity index (χ4n) is 2.16. The number of nitrogens with zero attached hydrogens (tertiary/aromatic N) is 2. The maximum absolute atomic E-state index is 12.4. The molecule has 1 unspecified atom stereocenters. The number of aliphatic hydroxyl groups is 1. The third kappa shape index (κ3) is 4.41. The lowest BCUT2D eigenvalue weighted by molar-refractivity contribution is 0.0942. The first kappa shape index (κ1) is 18.1. The number of aliphatic hydroxyl groups excluding tert-OH is 1. The molecule has 6 heteroatoms. The second kappa shape index (κ2) is 7.57. The van der Waals surface area contributed by atoms with Crippen LogP contribution in [-0.2, 0) is 5.41 Å². The molecule has 0 spiro atoms. The van der Waals surface area contributed by atoms with E-state index in [4.69, 9.17) is 4.52 Å². The Bertz CT molecular complexity index is 689. The highest BCUT2D eigenvalue weighted by atomic mass is 16.5. The Balaban J connectivity index is 2.18. The molecule has 0 saturated heterocycles. The van der Waals surface area contributed by atoms with Gasteiger partial charge in [-0.25, -0.2) is 0 Å². The molecule has 0 bridgehead atoms. The highest BCUT2D eigenvalue weighted by Gasteiger charge is 2.23. The minimum atomic E-state index is -0.397. The van der Waals surface area contributed by atoms with Gasteiger partial charge in [0.25, 0.3) is 11.8 Å². The van der Waals surface area contributed by atoms with Crippen LogP contribution in [0.15, 0.2) is 28.8 Å². The molecule has 2 N–H and O–H groups in total. The van der Waals surface area contributed by atoms with Crippen LogP contribution in [0.1, 0.15) is 56.7 Å². The average Bonchev–Trinajstić information content (AvgIpc) is 3.04. The summed E-state index contributed by atoms with van der Waals surface area (Å²) in [5, 5.41) is 16.4. The number of carbonyl (C=O) groups is 1. The Kier molecular flexibility index (Phi) is 5.72. The lowest BCUT2D eigenvalue weighted by Gasteiger charge is -2.11. The van der Waals surface area contributed by atoms with Crippen molar-refractivity contribution in [3.8, 4) is 11.5 Å². The Labute approximate surface area is 142 Å². The second-order valence-corrected chi connectivity index (χ2v) is 6.83. The van der Waals surface area contributed by atoms with E-state index < -0.39 is 6.10 Å². The maximum Gasteiger partial charge on any atom is 0.258 e. The standard InChI is InChI=1S/C18H25N3O3/c1-5-12(22)10-11-19-15(23)13-8-6-7-9-14(13)16-20-17(21-24-16)18(2,3)4/h6-9,12,22H,5,10-11H2,1-4H3,(H,19,23). The number of rotatable bonds is 6. The number of nitrogens with one attached hydrogen (secondary N) is 1. The van der Waals surface area contributed by atoms with Gasteiger partial charge >= 0.3 is 0 Å². The molecule has 130 valence electrons. The summed E-state index contributed by atoms with van der Waals surface area (Å²) in [6, 6.07) is 7.13. The maximum atomic E-state index is 12.4. The van der Waals surface area contributed by atoms with E-state index in [0.717, 1.165) is 0 Å². The normalized spacial score (nSPS) is 12.9. The monoisotopic (exact) mass is 331 g/mol. The molecular weight excluding hydrogens is 306 g/mol. The number of hydrogen-bond acceptors (Lipinski definition) is 5. The van der Waals surface area contributed by atoms with Crippen molar-refractivity contribution in [3.63, 3.8) is 0 Å². The zero-order valence-corrected chi connectivity index (χ0v) is 14.7. The molecular formula is C18H25N3O3. The van der Waals surface area contributed by atoms with E-state index in [0.29, 0.717) is 42.2 Å². The number of carbonyl (C=O) groups excluding carboxylic acids is 1. The highest BCUT2D eigenvalue weighted by molar-refractivity contribution is 5.99. The quantitative estimate of drug-likeness (QED) is 0.849. The lowest BCUT2D eigenvalue weighted by atomic mass is 9.96. The van der Waals surface area contributed by atoms with Crippen LogP contribution in [0.5, 0.6) is 0 Å². The molecule has 1 atom stereocenters. The van der Waals surface area contributed by atoms with Gasteiger partial charge in [-0.2, -0.15) is 4.98 Å². The average molecular weight is 331 g/mol. The van der Waals surface area contributed by atoms with E-state index in [1.807, 2.05) is 33.8 Å². The van der Waals surface area contributed by atoms with E-state index in [-0.39, 0.29) is 11.3 Å². The van der Waals surface area contributed by atoms with E-state index in [2.05, 4.69) is 15.5 Å². The van der Waals surface area contributed by atoms with Crippen molar-refractivity contribution < 1.29 is 14.4 Å². The van der Waals surface area contributed by atoms with Crippen LogP contribution < -0.4 is 5.32 Å². The Morgan fingerprint density at radius 1 is 1.33 bits per heavy atom. The van der Waals surface area contributed by atoms with Crippen LogP contribution in [0.4, 0.5) is 0 Å². The summed E-state index contributed by atoms with van der Waals surface area (Å²) in [6.45, 7) is 8.32. The molecule has 6 nitrogen and oxygen atoms in total. The van der Waals surface area contributed by atoms with Crippen LogP contribution in [0.2, 0.25) is 0 Å². The predicted molar refractivity (Wildman–Crippen MR) is 91.7 cm³/mol. The van der Waals surface area contributed by atoms with Gasteiger partial charge < -0.3 is 14.9 Å². The summed E-state index contributed by atoms with van der Waals surface area (Å²) >= 11 is 0. The molecule has 0 aliphatic heterocycles. The van der Waals surface area contributed by atoms with E-state index in [1.54, 1.807) is 18.2 Å². The number of amides is 1. The predicted octanol–water partition coefficient (Wildman–Crippen LogP) is 2.92.